The van der Waals surface area contributed by atoms with E-state index in [1.54, 1.807) is 24.3 Å². The molecule has 0 fully saturated rings. The molecule has 2 aromatic rings. The minimum Gasteiger partial charge on any atom is -0.449 e. The van der Waals surface area contributed by atoms with Gasteiger partial charge < -0.3 is 10.1 Å². The molecule has 27 heavy (non-hydrogen) atoms. The lowest BCUT2D eigenvalue weighted by molar-refractivity contribution is -0.394. The Labute approximate surface area is 159 Å². The molecular weight excluding hydrogens is 374 g/mol. The van der Waals surface area contributed by atoms with E-state index in [-0.39, 0.29) is 11.5 Å². The van der Waals surface area contributed by atoms with E-state index in [1.165, 1.54) is 12.3 Å². The largest absolute Gasteiger partial charge is 0.449 e. The molecule has 10 nitrogen and oxygen atoms in total. The fraction of sp³-hybridized carbons (Fsp3) is 0.125. The van der Waals surface area contributed by atoms with Crippen molar-refractivity contribution in [3.05, 3.63) is 68.3 Å². The van der Waals surface area contributed by atoms with E-state index in [1.807, 2.05) is 6.92 Å². The number of non-ortho nitro benzene ring substituents is 1. The summed E-state index contributed by atoms with van der Waals surface area (Å²) < 4.78 is 5.61. The number of ether oxygens (including phenoxy) is 1. The minimum absolute atomic E-state index is 0.123. The molecule has 0 aliphatic rings. The van der Waals surface area contributed by atoms with Crippen LogP contribution in [0.3, 0.4) is 0 Å². The highest BCUT2D eigenvalue weighted by molar-refractivity contribution is 7.80. The molecule has 0 aliphatic carbocycles. The molecule has 11 heteroatoms. The molecule has 0 aliphatic heterocycles. The number of hydrogen-bond acceptors (Lipinski definition) is 7. The molecule has 2 rings (SSSR count). The Kier molecular flexibility index (Phi) is 6.72. The SMILES string of the molecule is CCNC(=S)N/N=C\c1ccccc1Oc1ccc([N+](=O)[O-])cc1[N+](=O)[O-]. The molecule has 0 saturated heterocycles. The monoisotopic (exact) mass is 389 g/mol. The number of hydrogen-bond donors (Lipinski definition) is 2. The van der Waals surface area contributed by atoms with Gasteiger partial charge in [-0.3, -0.25) is 25.7 Å². The van der Waals surface area contributed by atoms with Crippen LogP contribution >= 0.6 is 12.2 Å². The Morgan fingerprint density at radius 3 is 2.59 bits per heavy atom. The van der Waals surface area contributed by atoms with Gasteiger partial charge in [0, 0.05) is 18.2 Å². The highest BCUT2D eigenvalue weighted by atomic mass is 32.1. The molecule has 0 atom stereocenters. The summed E-state index contributed by atoms with van der Waals surface area (Å²) in [6.07, 6.45) is 1.44. The molecule has 0 radical (unpaired) electrons. The van der Waals surface area contributed by atoms with Gasteiger partial charge in [-0.2, -0.15) is 5.10 Å². The third-order valence-electron chi connectivity index (χ3n) is 3.20. The predicted octanol–water partition coefficient (Wildman–Crippen LogP) is 3.11. The maximum Gasteiger partial charge on any atom is 0.318 e. The van der Waals surface area contributed by atoms with Crippen molar-refractivity contribution in [2.45, 2.75) is 6.92 Å². The highest BCUT2D eigenvalue weighted by Gasteiger charge is 2.21. The second kappa shape index (κ2) is 9.20. The van der Waals surface area contributed by atoms with E-state index >= 15 is 0 Å². The maximum absolute atomic E-state index is 11.2. The van der Waals surface area contributed by atoms with E-state index in [4.69, 9.17) is 17.0 Å². The van der Waals surface area contributed by atoms with Crippen molar-refractivity contribution in [2.24, 2.45) is 5.10 Å². The number of hydrazone groups is 1. The van der Waals surface area contributed by atoms with E-state index in [0.29, 0.717) is 17.2 Å². The van der Waals surface area contributed by atoms with Gasteiger partial charge in [0.1, 0.15) is 5.75 Å². The first-order chi connectivity index (χ1) is 12.9. The third kappa shape index (κ3) is 5.44. The first-order valence-electron chi connectivity index (χ1n) is 7.69. The van der Waals surface area contributed by atoms with Crippen molar-refractivity contribution in [3.8, 4) is 11.5 Å². The molecule has 0 unspecified atom stereocenters. The van der Waals surface area contributed by atoms with Crippen molar-refractivity contribution in [1.82, 2.24) is 10.7 Å². The molecule has 0 heterocycles. The molecule has 0 saturated carbocycles. The zero-order valence-corrected chi connectivity index (χ0v) is 14.9. The average molecular weight is 389 g/mol. The molecular formula is C16H15N5O5S. The van der Waals surface area contributed by atoms with Gasteiger partial charge in [0.2, 0.25) is 5.75 Å². The van der Waals surface area contributed by atoms with Gasteiger partial charge in [-0.05, 0) is 37.3 Å². The second-order valence-corrected chi connectivity index (χ2v) is 5.44. The molecule has 0 spiro atoms. The normalized spacial score (nSPS) is 10.4. The van der Waals surface area contributed by atoms with Gasteiger partial charge in [-0.25, -0.2) is 0 Å². The highest BCUT2D eigenvalue weighted by Crippen LogP contribution is 2.35. The van der Waals surface area contributed by atoms with Gasteiger partial charge >= 0.3 is 5.69 Å². The van der Waals surface area contributed by atoms with Crippen LogP contribution < -0.4 is 15.5 Å². The van der Waals surface area contributed by atoms with Crippen molar-refractivity contribution >= 4 is 34.9 Å². The van der Waals surface area contributed by atoms with Crippen LogP contribution in [0, 0.1) is 20.2 Å². The van der Waals surface area contributed by atoms with Gasteiger partial charge in [-0.1, -0.05) is 12.1 Å². The summed E-state index contributed by atoms with van der Waals surface area (Å²) in [6.45, 7) is 2.53. The van der Waals surface area contributed by atoms with Crippen LogP contribution in [-0.4, -0.2) is 27.7 Å². The van der Waals surface area contributed by atoms with Crippen LogP contribution in [0.25, 0.3) is 0 Å². The smallest absolute Gasteiger partial charge is 0.318 e. The van der Waals surface area contributed by atoms with E-state index in [0.717, 1.165) is 12.1 Å². The third-order valence-corrected chi connectivity index (χ3v) is 3.43. The summed E-state index contributed by atoms with van der Waals surface area (Å²) in [5, 5.41) is 29.2. The maximum atomic E-state index is 11.2. The number of thiocarbonyl (C=S) groups is 1. The topological polar surface area (TPSA) is 132 Å². The van der Waals surface area contributed by atoms with Gasteiger partial charge in [-0.15, -0.1) is 0 Å². The summed E-state index contributed by atoms with van der Waals surface area (Å²) in [6, 6.07) is 9.87. The summed E-state index contributed by atoms with van der Waals surface area (Å²) >= 11 is 4.99. The Balaban J connectivity index is 2.28. The molecule has 140 valence electrons. The minimum atomic E-state index is -0.741. The first-order valence-corrected chi connectivity index (χ1v) is 8.09. The molecule has 2 aromatic carbocycles. The summed E-state index contributed by atoms with van der Waals surface area (Å²) in [7, 11) is 0. The molecule has 2 N–H and O–H groups in total. The van der Waals surface area contributed by atoms with Gasteiger partial charge in [0.25, 0.3) is 5.69 Å². The van der Waals surface area contributed by atoms with Crippen LogP contribution in [-0.2, 0) is 0 Å². The van der Waals surface area contributed by atoms with Crippen molar-refractivity contribution in [1.29, 1.82) is 0 Å². The van der Waals surface area contributed by atoms with Crippen LogP contribution in [0.4, 0.5) is 11.4 Å². The Hall–Kier alpha value is -3.60. The van der Waals surface area contributed by atoms with E-state index < -0.39 is 21.2 Å². The average Bonchev–Trinajstić information content (AvgIpc) is 2.63. The standard InChI is InChI=1S/C16H15N5O5S/c1-2-17-16(27)19-18-10-11-5-3-4-6-14(11)26-15-8-7-12(20(22)23)9-13(15)21(24)25/h3-10H,2H2,1H3,(H2,17,19,27)/b18-10-. The van der Waals surface area contributed by atoms with E-state index in [2.05, 4.69) is 15.8 Å². The van der Waals surface area contributed by atoms with Crippen molar-refractivity contribution in [3.63, 3.8) is 0 Å². The zero-order chi connectivity index (χ0) is 19.8. The van der Waals surface area contributed by atoms with Gasteiger partial charge in [0.15, 0.2) is 5.11 Å². The number of para-hydroxylation sites is 1. The Bertz CT molecular complexity index is 903. The zero-order valence-electron chi connectivity index (χ0n) is 14.1. The lowest BCUT2D eigenvalue weighted by Crippen LogP contribution is -2.31. The Morgan fingerprint density at radius 1 is 1.19 bits per heavy atom. The quantitative estimate of drug-likeness (QED) is 0.319. The van der Waals surface area contributed by atoms with Crippen LogP contribution in [0.15, 0.2) is 47.6 Å². The fourth-order valence-corrected chi connectivity index (χ4v) is 2.20. The number of benzene rings is 2. The predicted molar refractivity (Wildman–Crippen MR) is 103 cm³/mol. The van der Waals surface area contributed by atoms with Crippen LogP contribution in [0.2, 0.25) is 0 Å². The lowest BCUT2D eigenvalue weighted by Gasteiger charge is -2.09. The summed E-state index contributed by atoms with van der Waals surface area (Å²) in [5.74, 6) is 0.164. The second-order valence-electron chi connectivity index (χ2n) is 5.04. The number of nitro benzene ring substituents is 2. The van der Waals surface area contributed by atoms with Gasteiger partial charge in [0.05, 0.1) is 22.1 Å². The van der Waals surface area contributed by atoms with Crippen LogP contribution in [0.1, 0.15) is 12.5 Å². The fourth-order valence-electron chi connectivity index (χ4n) is 2.01. The molecule has 0 bridgehead atoms. The summed E-state index contributed by atoms with van der Waals surface area (Å²) in [5.41, 5.74) is 2.24. The molecule has 0 aromatic heterocycles. The lowest BCUT2D eigenvalue weighted by atomic mass is 10.2. The Morgan fingerprint density at radius 2 is 1.93 bits per heavy atom. The van der Waals surface area contributed by atoms with Crippen LogP contribution in [0.5, 0.6) is 11.5 Å². The summed E-state index contributed by atoms with van der Waals surface area (Å²) in [4.78, 5) is 20.6. The number of nitrogens with one attached hydrogen (secondary N) is 2. The van der Waals surface area contributed by atoms with Crippen molar-refractivity contribution in [2.75, 3.05) is 6.54 Å². The number of nitro groups is 2. The number of rotatable bonds is 7. The number of nitrogens with zero attached hydrogens (tertiary/aromatic N) is 3. The van der Waals surface area contributed by atoms with E-state index in [9.17, 15) is 20.2 Å². The molecule has 0 amide bonds. The first kappa shape index (κ1) is 19.7. The van der Waals surface area contributed by atoms with Crippen molar-refractivity contribution < 1.29 is 14.6 Å².